The SMILES string of the molecule is CC(=O)N[C@@H](Cc1cc(I)c(Oc2cc(I)c(O)c(I)c2)c(I)c1)C(=O)O. The highest BCUT2D eigenvalue weighted by Gasteiger charge is 2.20. The number of benzene rings is 2. The second-order valence-corrected chi connectivity index (χ2v) is 10.2. The van der Waals surface area contributed by atoms with Crippen LogP contribution >= 0.6 is 90.4 Å². The summed E-state index contributed by atoms with van der Waals surface area (Å²) in [7, 11) is 0. The maximum atomic E-state index is 11.3. The van der Waals surface area contributed by atoms with E-state index < -0.39 is 12.0 Å². The quantitative estimate of drug-likeness (QED) is 0.367. The van der Waals surface area contributed by atoms with E-state index in [-0.39, 0.29) is 18.1 Å². The van der Waals surface area contributed by atoms with Crippen molar-refractivity contribution in [2.75, 3.05) is 0 Å². The van der Waals surface area contributed by atoms with E-state index in [0.717, 1.165) is 12.7 Å². The van der Waals surface area contributed by atoms with Crippen molar-refractivity contribution in [3.05, 3.63) is 44.1 Å². The van der Waals surface area contributed by atoms with Crippen LogP contribution in [0.15, 0.2) is 24.3 Å². The summed E-state index contributed by atoms with van der Waals surface area (Å²) in [5.74, 6) is 0.0172. The summed E-state index contributed by atoms with van der Waals surface area (Å²) >= 11 is 8.35. The molecule has 0 aromatic heterocycles. The predicted octanol–water partition coefficient (Wildman–Crippen LogP) is 4.73. The Labute approximate surface area is 210 Å². The molecule has 2 aromatic carbocycles. The lowest BCUT2D eigenvalue weighted by atomic mass is 10.1. The first-order valence-electron chi connectivity index (χ1n) is 7.42. The number of phenolic OH excluding ortho intramolecular Hbond substituents is 1. The number of carboxylic acids is 1. The van der Waals surface area contributed by atoms with E-state index >= 15 is 0 Å². The fraction of sp³-hybridized carbons (Fsp3) is 0.176. The van der Waals surface area contributed by atoms with Gasteiger partial charge in [0.2, 0.25) is 5.91 Å². The minimum atomic E-state index is -1.08. The van der Waals surface area contributed by atoms with Crippen molar-refractivity contribution >= 4 is 102 Å². The Morgan fingerprint density at radius 1 is 1.04 bits per heavy atom. The van der Waals surface area contributed by atoms with Gasteiger partial charge in [0.25, 0.3) is 0 Å². The van der Waals surface area contributed by atoms with Crippen LogP contribution in [0.4, 0.5) is 0 Å². The van der Waals surface area contributed by atoms with Gasteiger partial charge in [-0.3, -0.25) is 4.79 Å². The minimum Gasteiger partial charge on any atom is -0.506 e. The number of amides is 1. The molecule has 144 valence electrons. The third-order valence-electron chi connectivity index (χ3n) is 3.38. The molecule has 6 nitrogen and oxygen atoms in total. The van der Waals surface area contributed by atoms with E-state index in [9.17, 15) is 19.8 Å². The fourth-order valence-electron chi connectivity index (χ4n) is 2.23. The van der Waals surface area contributed by atoms with E-state index in [1.165, 1.54) is 6.92 Å². The Hall–Kier alpha value is -0.100. The van der Waals surface area contributed by atoms with E-state index in [4.69, 9.17) is 4.74 Å². The zero-order valence-electron chi connectivity index (χ0n) is 13.7. The number of carboxylic acid groups (broad SMARTS) is 1. The van der Waals surface area contributed by atoms with Gasteiger partial charge in [-0.05, 0) is 120 Å². The van der Waals surface area contributed by atoms with Gasteiger partial charge in [-0.15, -0.1) is 0 Å². The summed E-state index contributed by atoms with van der Waals surface area (Å²) < 4.78 is 9.03. The summed E-state index contributed by atoms with van der Waals surface area (Å²) in [5.41, 5.74) is 0.784. The van der Waals surface area contributed by atoms with Gasteiger partial charge in [-0.25, -0.2) is 4.79 Å². The molecule has 0 radical (unpaired) electrons. The van der Waals surface area contributed by atoms with Crippen LogP contribution in [0.5, 0.6) is 17.2 Å². The van der Waals surface area contributed by atoms with Gasteiger partial charge in [0.05, 0.1) is 14.3 Å². The third kappa shape index (κ3) is 6.45. The van der Waals surface area contributed by atoms with E-state index in [2.05, 4.69) is 50.5 Å². The Kier molecular flexibility index (Phi) is 8.66. The second-order valence-electron chi connectivity index (χ2n) is 5.52. The van der Waals surface area contributed by atoms with E-state index in [0.29, 0.717) is 18.6 Å². The third-order valence-corrected chi connectivity index (χ3v) is 6.63. The van der Waals surface area contributed by atoms with Crippen LogP contribution in [-0.2, 0) is 16.0 Å². The molecule has 2 aromatic rings. The predicted molar refractivity (Wildman–Crippen MR) is 134 cm³/mol. The number of ether oxygens (including phenoxy) is 1. The standard InChI is InChI=1S/C17H13I4NO5/c1-7(23)22-14(17(25)26)4-8-2-12(20)16(13(21)3-8)27-9-5-10(18)15(24)11(19)6-9/h2-3,5-6,14,24H,4H2,1H3,(H,22,23)(H,25,26)/t14-/m0/s1. The van der Waals surface area contributed by atoms with Crippen molar-refractivity contribution in [2.45, 2.75) is 19.4 Å². The van der Waals surface area contributed by atoms with Gasteiger partial charge < -0.3 is 20.3 Å². The highest BCUT2D eigenvalue weighted by atomic mass is 127. The van der Waals surface area contributed by atoms with Crippen LogP contribution in [0.25, 0.3) is 0 Å². The molecule has 0 fully saturated rings. The number of halogens is 4. The van der Waals surface area contributed by atoms with Crippen LogP contribution in [-0.4, -0.2) is 28.1 Å². The van der Waals surface area contributed by atoms with Crippen molar-refractivity contribution in [2.24, 2.45) is 0 Å². The number of aromatic hydroxyl groups is 1. The number of hydrogen-bond donors (Lipinski definition) is 3. The topological polar surface area (TPSA) is 95.9 Å². The summed E-state index contributed by atoms with van der Waals surface area (Å²) in [4.78, 5) is 22.5. The smallest absolute Gasteiger partial charge is 0.326 e. The fourth-order valence-corrected chi connectivity index (χ4v) is 6.06. The van der Waals surface area contributed by atoms with Crippen molar-refractivity contribution in [1.29, 1.82) is 0 Å². The second kappa shape index (κ2) is 10.1. The van der Waals surface area contributed by atoms with Gasteiger partial charge in [0.1, 0.15) is 17.5 Å². The monoisotopic (exact) mass is 819 g/mol. The van der Waals surface area contributed by atoms with Crippen molar-refractivity contribution in [3.63, 3.8) is 0 Å². The molecule has 0 aliphatic rings. The Morgan fingerprint density at radius 3 is 2.00 bits per heavy atom. The van der Waals surface area contributed by atoms with Crippen LogP contribution in [0.3, 0.4) is 0 Å². The average Bonchev–Trinajstić information content (AvgIpc) is 2.54. The highest BCUT2D eigenvalue weighted by Crippen LogP contribution is 2.36. The minimum absolute atomic E-state index is 0.177. The summed E-state index contributed by atoms with van der Waals surface area (Å²) in [6.07, 6.45) is 0.177. The number of nitrogens with one attached hydrogen (secondary N) is 1. The van der Waals surface area contributed by atoms with Gasteiger partial charge in [0.15, 0.2) is 5.75 Å². The highest BCUT2D eigenvalue weighted by molar-refractivity contribution is 14.1. The molecular weight excluding hydrogens is 806 g/mol. The molecule has 0 saturated carbocycles. The normalized spacial score (nSPS) is 11.7. The van der Waals surface area contributed by atoms with Crippen molar-refractivity contribution in [1.82, 2.24) is 5.32 Å². The Bertz CT molecular complexity index is 857. The van der Waals surface area contributed by atoms with Crippen LogP contribution in [0.1, 0.15) is 12.5 Å². The van der Waals surface area contributed by atoms with Crippen molar-refractivity contribution in [3.8, 4) is 17.2 Å². The molecule has 0 saturated heterocycles. The number of carbonyl (C=O) groups is 2. The van der Waals surface area contributed by atoms with E-state index in [1.807, 2.05) is 57.3 Å². The lowest BCUT2D eigenvalue weighted by Crippen LogP contribution is -2.41. The lowest BCUT2D eigenvalue weighted by Gasteiger charge is -2.16. The van der Waals surface area contributed by atoms with Crippen LogP contribution < -0.4 is 10.1 Å². The average molecular weight is 819 g/mol. The Morgan fingerprint density at radius 2 is 1.56 bits per heavy atom. The molecule has 10 heteroatoms. The van der Waals surface area contributed by atoms with Gasteiger partial charge >= 0.3 is 5.97 Å². The molecule has 0 aliphatic heterocycles. The maximum absolute atomic E-state index is 11.3. The molecule has 0 spiro atoms. The van der Waals surface area contributed by atoms with Gasteiger partial charge in [-0.1, -0.05) is 0 Å². The maximum Gasteiger partial charge on any atom is 0.326 e. The van der Waals surface area contributed by atoms with Gasteiger partial charge in [-0.2, -0.15) is 0 Å². The van der Waals surface area contributed by atoms with Crippen LogP contribution in [0, 0.1) is 14.3 Å². The molecule has 0 bridgehead atoms. The summed E-state index contributed by atoms with van der Waals surface area (Å²) in [6.45, 7) is 1.29. The number of phenols is 1. The number of aliphatic carboxylic acids is 1. The molecule has 0 unspecified atom stereocenters. The lowest BCUT2D eigenvalue weighted by molar-refractivity contribution is -0.141. The molecule has 27 heavy (non-hydrogen) atoms. The molecule has 1 atom stereocenters. The Balaban J connectivity index is 2.29. The first-order chi connectivity index (χ1) is 12.6. The van der Waals surface area contributed by atoms with E-state index in [1.54, 1.807) is 12.1 Å². The summed E-state index contributed by atoms with van der Waals surface area (Å²) in [6, 6.07) is 6.18. The number of rotatable bonds is 6. The molecule has 0 heterocycles. The summed E-state index contributed by atoms with van der Waals surface area (Å²) in [5, 5.41) is 21.6. The first-order valence-corrected chi connectivity index (χ1v) is 11.7. The van der Waals surface area contributed by atoms with Crippen LogP contribution in [0.2, 0.25) is 0 Å². The molecular formula is C17H13I4NO5. The first kappa shape index (κ1) is 23.2. The largest absolute Gasteiger partial charge is 0.506 e. The molecule has 0 aliphatic carbocycles. The zero-order valence-corrected chi connectivity index (χ0v) is 22.4. The molecule has 2 rings (SSSR count). The number of hydrogen-bond acceptors (Lipinski definition) is 4. The van der Waals surface area contributed by atoms with Crippen molar-refractivity contribution < 1.29 is 24.5 Å². The van der Waals surface area contributed by atoms with Gasteiger partial charge in [0, 0.05) is 13.3 Å². The molecule has 1 amide bonds. The number of carbonyl (C=O) groups excluding carboxylic acids is 1. The molecule has 3 N–H and O–H groups in total. The zero-order chi connectivity index (χ0) is 20.3.